The smallest absolute Gasteiger partial charge is 0.0233 e. The van der Waals surface area contributed by atoms with Crippen molar-refractivity contribution in [3.8, 4) is 0 Å². The van der Waals surface area contributed by atoms with Gasteiger partial charge in [0.2, 0.25) is 0 Å². The molecule has 0 N–H and O–H groups in total. The lowest BCUT2D eigenvalue weighted by Gasteiger charge is -2.09. The van der Waals surface area contributed by atoms with E-state index in [4.69, 9.17) is 0 Å². The van der Waals surface area contributed by atoms with Gasteiger partial charge in [-0.3, -0.25) is 0 Å². The Kier molecular flexibility index (Phi) is 0.650. The lowest BCUT2D eigenvalue weighted by molar-refractivity contribution is 0.563. The quantitative estimate of drug-likeness (QED) is 0.511. The minimum Gasteiger partial charge on any atom is -0.0881 e. The molecule has 3 unspecified atom stereocenters. The van der Waals surface area contributed by atoms with Crippen LogP contribution in [0, 0.1) is 23.2 Å². The fourth-order valence-corrected chi connectivity index (χ4v) is 4.57. The van der Waals surface area contributed by atoms with Gasteiger partial charge in [-0.25, -0.2) is 0 Å². The lowest BCUT2D eigenvalue weighted by Crippen LogP contribution is -2.09. The summed E-state index contributed by atoms with van der Waals surface area (Å²) in [5.41, 5.74) is 0.769. The zero-order valence-corrected chi connectivity index (χ0v) is 7.19. The Morgan fingerprint density at radius 3 is 2.00 bits per heavy atom. The molecule has 9 heavy (non-hydrogen) atoms. The Morgan fingerprint density at radius 2 is 1.89 bits per heavy atom. The van der Waals surface area contributed by atoms with Crippen LogP contribution in [0.2, 0.25) is 0 Å². The number of alkyl halides is 1. The van der Waals surface area contributed by atoms with Gasteiger partial charge in [0.1, 0.15) is 0 Å². The molecule has 4 aliphatic carbocycles. The van der Waals surface area contributed by atoms with E-state index in [0.29, 0.717) is 0 Å². The van der Waals surface area contributed by atoms with E-state index in [1.807, 2.05) is 0 Å². The molecule has 0 nitrogen and oxygen atoms in total. The van der Waals surface area contributed by atoms with E-state index >= 15 is 0 Å². The first-order valence-corrected chi connectivity index (χ1v) is 4.80. The molecule has 4 aliphatic rings. The zero-order valence-electron chi connectivity index (χ0n) is 5.60. The summed E-state index contributed by atoms with van der Waals surface area (Å²) in [4.78, 5) is 0.889. The molecule has 0 aromatic heterocycles. The molecule has 1 heteroatoms. The summed E-state index contributed by atoms with van der Waals surface area (Å²) in [5, 5.41) is 0. The molecule has 0 spiro atoms. The van der Waals surface area contributed by atoms with Crippen LogP contribution in [0.25, 0.3) is 0 Å². The van der Waals surface area contributed by atoms with Crippen molar-refractivity contribution in [1.82, 2.24) is 0 Å². The number of halogens is 1. The van der Waals surface area contributed by atoms with Gasteiger partial charge in [0.15, 0.2) is 0 Å². The van der Waals surface area contributed by atoms with Crippen molar-refractivity contribution in [1.29, 1.82) is 0 Å². The Morgan fingerprint density at radius 1 is 1.33 bits per heavy atom. The van der Waals surface area contributed by atoms with Crippen molar-refractivity contribution in [2.45, 2.75) is 24.6 Å². The van der Waals surface area contributed by atoms with E-state index in [9.17, 15) is 0 Å². The van der Waals surface area contributed by atoms with E-state index < -0.39 is 0 Å². The molecule has 0 amide bonds. The summed E-state index contributed by atoms with van der Waals surface area (Å²) >= 11 is 3.81. The van der Waals surface area contributed by atoms with E-state index in [1.54, 1.807) is 0 Å². The number of hydrogen-bond donors (Lipinski definition) is 0. The monoisotopic (exact) mass is 186 g/mol. The average molecular weight is 187 g/mol. The van der Waals surface area contributed by atoms with Gasteiger partial charge in [-0.15, -0.1) is 0 Å². The van der Waals surface area contributed by atoms with Gasteiger partial charge in [-0.05, 0) is 36.0 Å². The fraction of sp³-hybridized carbons (Fsp3) is 1.00. The predicted octanol–water partition coefficient (Wildman–Crippen LogP) is 2.43. The molecule has 4 bridgehead atoms. The highest BCUT2D eigenvalue weighted by atomic mass is 79.9. The number of rotatable bonds is 0. The molecule has 0 radical (unpaired) electrons. The Balaban J connectivity index is 2.13. The molecule has 0 aromatic rings. The lowest BCUT2D eigenvalue weighted by atomic mass is 10.1. The Hall–Kier alpha value is 0.480. The first-order valence-electron chi connectivity index (χ1n) is 3.88. The van der Waals surface area contributed by atoms with Gasteiger partial charge < -0.3 is 0 Å². The van der Waals surface area contributed by atoms with Crippen molar-refractivity contribution in [2.75, 3.05) is 0 Å². The standard InChI is InChI=1S/C8H11Br/c1-8-5-2-4(7(8)9)3-6(5)8/h4-7H,2-3H2,1H3. The Labute approximate surface area is 64.1 Å². The van der Waals surface area contributed by atoms with Crippen molar-refractivity contribution in [3.63, 3.8) is 0 Å². The van der Waals surface area contributed by atoms with Crippen molar-refractivity contribution in [2.24, 2.45) is 23.2 Å². The highest BCUT2D eigenvalue weighted by Crippen LogP contribution is 2.80. The van der Waals surface area contributed by atoms with Crippen molar-refractivity contribution in [3.05, 3.63) is 0 Å². The molecule has 50 valence electrons. The normalized spacial score (nSPS) is 75.3. The minimum atomic E-state index is 0.769. The van der Waals surface area contributed by atoms with Crippen molar-refractivity contribution < 1.29 is 0 Å². The van der Waals surface area contributed by atoms with Crippen LogP contribution >= 0.6 is 15.9 Å². The third-order valence-corrected chi connectivity index (χ3v) is 5.83. The van der Waals surface area contributed by atoms with Crippen molar-refractivity contribution >= 4 is 15.9 Å². The largest absolute Gasteiger partial charge is 0.0881 e. The third-order valence-electron chi connectivity index (χ3n) is 4.10. The third kappa shape index (κ3) is 0.338. The first-order chi connectivity index (χ1) is 4.24. The van der Waals surface area contributed by atoms with E-state index in [2.05, 4.69) is 22.9 Å². The predicted molar refractivity (Wildman–Crippen MR) is 40.5 cm³/mol. The summed E-state index contributed by atoms with van der Waals surface area (Å²) in [6.45, 7) is 2.47. The van der Waals surface area contributed by atoms with Gasteiger partial charge in [0.05, 0.1) is 0 Å². The second-order valence-electron chi connectivity index (χ2n) is 4.21. The summed E-state index contributed by atoms with van der Waals surface area (Å²) in [5.74, 6) is 3.32. The van der Waals surface area contributed by atoms with Gasteiger partial charge in [-0.1, -0.05) is 22.9 Å². The second-order valence-corrected chi connectivity index (χ2v) is 5.20. The summed E-state index contributed by atoms with van der Waals surface area (Å²) < 4.78 is 0. The van der Waals surface area contributed by atoms with Crippen LogP contribution in [0.3, 0.4) is 0 Å². The van der Waals surface area contributed by atoms with Crippen LogP contribution < -0.4 is 0 Å². The first kappa shape index (κ1) is 5.17. The maximum Gasteiger partial charge on any atom is 0.0233 e. The summed E-state index contributed by atoms with van der Waals surface area (Å²) in [6, 6.07) is 0. The van der Waals surface area contributed by atoms with Crippen LogP contribution in [0.1, 0.15) is 19.8 Å². The minimum absolute atomic E-state index is 0.769. The number of hydrogen-bond acceptors (Lipinski definition) is 0. The van der Waals surface area contributed by atoms with Gasteiger partial charge >= 0.3 is 0 Å². The van der Waals surface area contributed by atoms with Crippen LogP contribution in [0.4, 0.5) is 0 Å². The van der Waals surface area contributed by atoms with E-state index in [1.165, 1.54) is 12.8 Å². The highest BCUT2D eigenvalue weighted by molar-refractivity contribution is 9.09. The molecule has 4 fully saturated rings. The van der Waals surface area contributed by atoms with Crippen LogP contribution in [0.15, 0.2) is 0 Å². The topological polar surface area (TPSA) is 0 Å². The summed E-state index contributed by atoms with van der Waals surface area (Å²) in [7, 11) is 0. The molecule has 0 aromatic carbocycles. The van der Waals surface area contributed by atoms with E-state index in [-0.39, 0.29) is 0 Å². The van der Waals surface area contributed by atoms with Gasteiger partial charge in [0, 0.05) is 4.83 Å². The molecule has 0 aliphatic heterocycles. The maximum absolute atomic E-state index is 3.81. The molecule has 0 heterocycles. The molecular formula is C8H11Br. The molecule has 4 saturated carbocycles. The molecule has 0 saturated heterocycles. The second kappa shape index (κ2) is 1.13. The zero-order chi connectivity index (χ0) is 6.22. The van der Waals surface area contributed by atoms with Gasteiger partial charge in [-0.2, -0.15) is 0 Å². The van der Waals surface area contributed by atoms with Gasteiger partial charge in [0.25, 0.3) is 0 Å². The Bertz CT molecular complexity index is 163. The molecular weight excluding hydrogens is 176 g/mol. The maximum atomic E-state index is 3.81. The van der Waals surface area contributed by atoms with Crippen LogP contribution in [-0.4, -0.2) is 4.83 Å². The van der Waals surface area contributed by atoms with Crippen LogP contribution in [0.5, 0.6) is 0 Å². The summed E-state index contributed by atoms with van der Waals surface area (Å²) in [6.07, 6.45) is 3.08. The SMILES string of the molecule is CC12C(Br)C3CC1C2C3. The van der Waals surface area contributed by atoms with E-state index in [0.717, 1.165) is 28.0 Å². The highest BCUT2D eigenvalue weighted by Gasteiger charge is 2.75. The molecule has 3 atom stereocenters. The average Bonchev–Trinajstić information content (AvgIpc) is 2.32. The fourth-order valence-electron chi connectivity index (χ4n) is 3.46. The van der Waals surface area contributed by atoms with Crippen LogP contribution in [-0.2, 0) is 0 Å². The molecule has 4 rings (SSSR count).